The van der Waals surface area contributed by atoms with E-state index in [-0.39, 0.29) is 12.7 Å². The third-order valence-electron chi connectivity index (χ3n) is 7.74. The van der Waals surface area contributed by atoms with Gasteiger partial charge in [0.25, 0.3) is 5.66 Å². The number of hydrogen-bond acceptors (Lipinski definition) is 3. The number of anilines is 1. The van der Waals surface area contributed by atoms with E-state index in [0.717, 1.165) is 39.9 Å². The molecule has 5 heteroatoms. The topological polar surface area (TPSA) is 64.3 Å². The fraction of sp³-hybridized carbons (Fsp3) is 0.636. The molecule has 2 aromatic rings. The van der Waals surface area contributed by atoms with E-state index >= 15 is 0 Å². The van der Waals surface area contributed by atoms with Gasteiger partial charge in [-0.1, -0.05) is 122 Å². The Kier molecular flexibility index (Phi) is 13.0. The maximum atomic E-state index is 12.3. The average Bonchev–Trinajstić information content (AvgIpc) is 2.91. The molecular weight excluding hydrogens is 470 g/mol. The SMILES string of the molecule is C=c1ccc2c3c(cccc13)NC(C)(COC(=O)NCCCCCCCCCCCCCCCCCC)[NH+]=2. The summed E-state index contributed by atoms with van der Waals surface area (Å²) in [7, 11) is 0. The molecule has 0 aliphatic carbocycles. The first-order chi connectivity index (χ1) is 18.5. The van der Waals surface area contributed by atoms with Gasteiger partial charge in [-0.25, -0.2) is 9.79 Å². The molecule has 1 atom stereocenters. The van der Waals surface area contributed by atoms with E-state index in [4.69, 9.17) is 4.74 Å². The highest BCUT2D eigenvalue weighted by Gasteiger charge is 2.35. The van der Waals surface area contributed by atoms with Crippen molar-refractivity contribution in [2.75, 3.05) is 18.5 Å². The lowest BCUT2D eigenvalue weighted by Crippen LogP contribution is -2.94. The van der Waals surface area contributed by atoms with Gasteiger partial charge in [-0.15, -0.1) is 0 Å². The first-order valence-corrected chi connectivity index (χ1v) is 15.4. The zero-order valence-corrected chi connectivity index (χ0v) is 24.1. The lowest BCUT2D eigenvalue weighted by molar-refractivity contribution is -0.581. The summed E-state index contributed by atoms with van der Waals surface area (Å²) in [5.41, 5.74) is 0.455. The molecule has 210 valence electrons. The number of nitrogens with one attached hydrogen (secondary N) is 3. The number of carbonyl (C=O) groups is 1. The van der Waals surface area contributed by atoms with Crippen molar-refractivity contribution < 1.29 is 14.5 Å². The van der Waals surface area contributed by atoms with Crippen LogP contribution < -0.4 is 26.2 Å². The van der Waals surface area contributed by atoms with Gasteiger partial charge in [0.15, 0.2) is 6.61 Å². The molecule has 0 radical (unpaired) electrons. The van der Waals surface area contributed by atoms with Gasteiger partial charge < -0.3 is 15.4 Å². The van der Waals surface area contributed by atoms with Crippen LogP contribution in [0.25, 0.3) is 17.4 Å². The second-order valence-electron chi connectivity index (χ2n) is 11.4. The van der Waals surface area contributed by atoms with E-state index < -0.39 is 5.66 Å². The van der Waals surface area contributed by atoms with Crippen LogP contribution in [0.3, 0.4) is 0 Å². The molecule has 1 amide bonds. The Morgan fingerprint density at radius 2 is 1.45 bits per heavy atom. The number of amides is 1. The van der Waals surface area contributed by atoms with Crippen molar-refractivity contribution in [3.63, 3.8) is 0 Å². The monoisotopic (exact) mass is 522 g/mol. The highest BCUT2D eigenvalue weighted by Crippen LogP contribution is 2.21. The Balaban J connectivity index is 1.18. The molecule has 3 N–H and O–H groups in total. The number of carbonyl (C=O) groups excluding carboxylic acids is 1. The maximum Gasteiger partial charge on any atom is 0.407 e. The maximum absolute atomic E-state index is 12.3. The largest absolute Gasteiger partial charge is 0.440 e. The van der Waals surface area contributed by atoms with Gasteiger partial charge in [-0.2, -0.15) is 0 Å². The third kappa shape index (κ3) is 9.96. The van der Waals surface area contributed by atoms with E-state index in [1.165, 1.54) is 89.9 Å². The summed E-state index contributed by atoms with van der Waals surface area (Å²) in [6.45, 7) is 9.32. The number of unbranched alkanes of at least 4 members (excludes halogenated alkanes) is 15. The highest BCUT2D eigenvalue weighted by molar-refractivity contribution is 5.94. The van der Waals surface area contributed by atoms with Crippen LogP contribution in [0.2, 0.25) is 0 Å². The molecule has 0 saturated heterocycles. The molecule has 3 rings (SSSR count). The molecule has 1 aliphatic rings. The second-order valence-corrected chi connectivity index (χ2v) is 11.4. The minimum absolute atomic E-state index is 0.222. The van der Waals surface area contributed by atoms with Crippen LogP contribution in [0.15, 0.2) is 30.3 Å². The second kappa shape index (κ2) is 16.4. The number of ether oxygens (including phenoxy) is 1. The van der Waals surface area contributed by atoms with Crippen molar-refractivity contribution in [3.8, 4) is 0 Å². The molecule has 1 aliphatic heterocycles. The third-order valence-corrected chi connectivity index (χ3v) is 7.74. The molecule has 0 fully saturated rings. The number of alkyl carbamates (subject to hydrolysis) is 1. The van der Waals surface area contributed by atoms with Gasteiger partial charge in [0.2, 0.25) is 5.36 Å². The lowest BCUT2D eigenvalue weighted by Gasteiger charge is -2.26. The fourth-order valence-electron chi connectivity index (χ4n) is 5.50. The summed E-state index contributed by atoms with van der Waals surface area (Å²) in [4.78, 5) is 15.8. The molecule has 1 unspecified atom stereocenters. The Bertz CT molecular complexity index is 1100. The Morgan fingerprint density at radius 3 is 2.05 bits per heavy atom. The van der Waals surface area contributed by atoms with Crippen LogP contribution in [0.4, 0.5) is 10.5 Å². The van der Waals surface area contributed by atoms with Gasteiger partial charge in [0, 0.05) is 19.5 Å². The zero-order chi connectivity index (χ0) is 27.1. The van der Waals surface area contributed by atoms with Gasteiger partial charge in [-0.05, 0) is 29.2 Å². The van der Waals surface area contributed by atoms with Crippen LogP contribution in [-0.2, 0) is 4.74 Å². The number of rotatable bonds is 19. The van der Waals surface area contributed by atoms with E-state index in [1.54, 1.807) is 0 Å². The van der Waals surface area contributed by atoms with Crippen LogP contribution in [0.5, 0.6) is 0 Å². The average molecular weight is 523 g/mol. The standard InChI is InChI=1S/C33H51N3O2/c1-4-5-6-7-8-9-10-11-12-13-14-15-16-17-18-19-25-34-32(37)38-26-33(3)35-29-22-20-21-28-27(2)23-24-30(36-33)31(28)29/h20-24,35H,2,4-19,25-26H2,1,3H3,(H,34,37)/p+1. The Hall–Kier alpha value is -2.56. The molecular formula is C33H52N3O2+. The van der Waals surface area contributed by atoms with Crippen molar-refractivity contribution in [3.05, 3.63) is 40.9 Å². The first-order valence-electron chi connectivity index (χ1n) is 15.4. The zero-order valence-electron chi connectivity index (χ0n) is 24.1. The predicted molar refractivity (Wildman–Crippen MR) is 160 cm³/mol. The van der Waals surface area contributed by atoms with Gasteiger partial charge in [-0.3, -0.25) is 0 Å². The van der Waals surface area contributed by atoms with E-state index in [1.807, 2.05) is 25.1 Å². The fourth-order valence-corrected chi connectivity index (χ4v) is 5.50. The van der Waals surface area contributed by atoms with Gasteiger partial charge >= 0.3 is 6.09 Å². The molecule has 0 bridgehead atoms. The summed E-state index contributed by atoms with van der Waals surface area (Å²) in [6, 6.07) is 10.2. The lowest BCUT2D eigenvalue weighted by atomic mass is 10.0. The molecule has 2 aromatic carbocycles. The molecule has 0 saturated carbocycles. The van der Waals surface area contributed by atoms with Crippen LogP contribution in [-0.4, -0.2) is 24.9 Å². The van der Waals surface area contributed by atoms with Crippen molar-refractivity contribution >= 4 is 29.1 Å². The predicted octanol–water partition coefficient (Wildman–Crippen LogP) is 6.08. The quantitative estimate of drug-likeness (QED) is 0.196. The van der Waals surface area contributed by atoms with Crippen molar-refractivity contribution in [2.45, 2.75) is 122 Å². The van der Waals surface area contributed by atoms with Crippen LogP contribution >= 0.6 is 0 Å². The van der Waals surface area contributed by atoms with Crippen LogP contribution in [0, 0.1) is 0 Å². The van der Waals surface area contributed by atoms with Crippen molar-refractivity contribution in [1.29, 1.82) is 0 Å². The summed E-state index contributed by atoms with van der Waals surface area (Å²) in [6.07, 6.45) is 21.2. The van der Waals surface area contributed by atoms with Crippen molar-refractivity contribution in [2.24, 2.45) is 0 Å². The highest BCUT2D eigenvalue weighted by atomic mass is 16.5. The molecule has 38 heavy (non-hydrogen) atoms. The van der Waals surface area contributed by atoms with E-state index in [0.29, 0.717) is 6.54 Å². The molecule has 0 aromatic heterocycles. The summed E-state index contributed by atoms with van der Waals surface area (Å²) in [5, 5.41) is 10.7. The van der Waals surface area contributed by atoms with E-state index in [2.05, 4.69) is 41.3 Å². The van der Waals surface area contributed by atoms with Gasteiger partial charge in [0.1, 0.15) is 0 Å². The van der Waals surface area contributed by atoms with Gasteiger partial charge in [0.05, 0.1) is 11.1 Å². The molecule has 0 spiro atoms. The minimum atomic E-state index is -0.574. The number of benzene rings is 2. The summed E-state index contributed by atoms with van der Waals surface area (Å²) < 4.78 is 5.56. The van der Waals surface area contributed by atoms with E-state index in [9.17, 15) is 4.79 Å². The summed E-state index contributed by atoms with van der Waals surface area (Å²) >= 11 is 0. The molecule has 1 heterocycles. The minimum Gasteiger partial charge on any atom is -0.440 e. The smallest absolute Gasteiger partial charge is 0.407 e. The number of hydrogen-bond donors (Lipinski definition) is 3. The Labute approximate surface area is 230 Å². The molecule has 5 nitrogen and oxygen atoms in total. The van der Waals surface area contributed by atoms with Crippen molar-refractivity contribution in [1.82, 2.24) is 5.32 Å². The summed E-state index contributed by atoms with van der Waals surface area (Å²) in [5.74, 6) is 0. The normalized spacial score (nSPS) is 16.2. The Morgan fingerprint density at radius 1 is 0.868 bits per heavy atom. The van der Waals surface area contributed by atoms with Crippen LogP contribution in [0.1, 0.15) is 117 Å². The first kappa shape index (κ1) is 30.0.